The fraction of sp³-hybridized carbons (Fsp3) is 0.333. The van der Waals surface area contributed by atoms with Gasteiger partial charge in [0.15, 0.2) is 5.13 Å². The first-order valence-electron chi connectivity index (χ1n) is 8.09. The number of hydrogen-bond donors (Lipinski definition) is 1. The van der Waals surface area contributed by atoms with Crippen molar-refractivity contribution in [3.8, 4) is 17.3 Å². The number of thiazole rings is 1. The average molecular weight is 355 g/mol. The van der Waals surface area contributed by atoms with E-state index in [1.807, 2.05) is 30.3 Å². The Bertz CT molecular complexity index is 798. The molecule has 0 saturated heterocycles. The second-order valence-electron chi connectivity index (χ2n) is 5.83. The van der Waals surface area contributed by atoms with Crippen LogP contribution in [0.15, 0.2) is 30.3 Å². The number of anilines is 1. The maximum Gasteiger partial charge on any atom is 0.293 e. The van der Waals surface area contributed by atoms with Crippen LogP contribution in [-0.2, 0) is 14.3 Å². The van der Waals surface area contributed by atoms with Crippen LogP contribution < -0.4 is 5.32 Å². The predicted octanol–water partition coefficient (Wildman–Crippen LogP) is 3.35. The van der Waals surface area contributed by atoms with Gasteiger partial charge >= 0.3 is 0 Å². The minimum atomic E-state index is -0.393. The standard InChI is InChI=1S/C18H17N3O3S/c19-10-15-16(12-6-2-1-3-7-12)20-18(25-15)21-17(23)13-8-4-5-9-14(13)24-11-22/h1-3,6-7,11,13-14H,4-5,8-9H2,(H,20,21,23). The lowest BCUT2D eigenvalue weighted by Crippen LogP contribution is -2.36. The lowest BCUT2D eigenvalue weighted by molar-refractivity contribution is -0.141. The summed E-state index contributed by atoms with van der Waals surface area (Å²) in [4.78, 5) is 28.1. The van der Waals surface area contributed by atoms with Crippen LogP contribution in [0.25, 0.3) is 11.3 Å². The van der Waals surface area contributed by atoms with Crippen molar-refractivity contribution >= 4 is 28.8 Å². The van der Waals surface area contributed by atoms with Crippen molar-refractivity contribution in [3.05, 3.63) is 35.2 Å². The summed E-state index contributed by atoms with van der Waals surface area (Å²) in [5.74, 6) is -0.599. The molecule has 0 aliphatic heterocycles. The van der Waals surface area contributed by atoms with Gasteiger partial charge in [0.1, 0.15) is 22.7 Å². The molecular formula is C18H17N3O3S. The van der Waals surface area contributed by atoms with E-state index in [1.165, 1.54) is 0 Å². The van der Waals surface area contributed by atoms with Crippen LogP contribution in [0.3, 0.4) is 0 Å². The molecule has 25 heavy (non-hydrogen) atoms. The van der Waals surface area contributed by atoms with Gasteiger partial charge < -0.3 is 10.1 Å². The summed E-state index contributed by atoms with van der Waals surface area (Å²) in [5.41, 5.74) is 1.39. The monoisotopic (exact) mass is 355 g/mol. The van der Waals surface area contributed by atoms with Crippen molar-refractivity contribution in [2.45, 2.75) is 31.8 Å². The number of nitrogens with zero attached hydrogens (tertiary/aromatic N) is 2. The Balaban J connectivity index is 1.79. The number of benzene rings is 1. The molecule has 1 aliphatic carbocycles. The summed E-state index contributed by atoms with van der Waals surface area (Å²) in [6.45, 7) is 0.404. The van der Waals surface area contributed by atoms with Gasteiger partial charge in [-0.2, -0.15) is 5.26 Å². The smallest absolute Gasteiger partial charge is 0.293 e. The maximum absolute atomic E-state index is 12.6. The lowest BCUT2D eigenvalue weighted by atomic mass is 9.86. The molecule has 1 N–H and O–H groups in total. The number of amides is 1. The Kier molecular flexibility index (Phi) is 5.41. The Morgan fingerprint density at radius 1 is 1.32 bits per heavy atom. The first-order chi connectivity index (χ1) is 12.2. The summed E-state index contributed by atoms with van der Waals surface area (Å²) in [5, 5.41) is 12.5. The van der Waals surface area contributed by atoms with Crippen molar-refractivity contribution < 1.29 is 14.3 Å². The van der Waals surface area contributed by atoms with Crippen molar-refractivity contribution in [1.82, 2.24) is 4.98 Å². The molecule has 1 aromatic carbocycles. The van der Waals surface area contributed by atoms with Gasteiger partial charge in [-0.25, -0.2) is 4.98 Å². The van der Waals surface area contributed by atoms with Crippen LogP contribution in [0.1, 0.15) is 30.6 Å². The van der Waals surface area contributed by atoms with Gasteiger partial charge in [0.05, 0.1) is 5.92 Å². The second-order valence-corrected chi connectivity index (χ2v) is 6.82. The molecule has 1 aliphatic rings. The number of carbonyl (C=O) groups is 2. The number of hydrogen-bond acceptors (Lipinski definition) is 6. The van der Waals surface area contributed by atoms with Crippen LogP contribution >= 0.6 is 11.3 Å². The van der Waals surface area contributed by atoms with E-state index in [4.69, 9.17) is 4.74 Å². The number of aromatic nitrogens is 1. The highest BCUT2D eigenvalue weighted by atomic mass is 32.1. The summed E-state index contributed by atoms with van der Waals surface area (Å²) >= 11 is 1.15. The van der Waals surface area contributed by atoms with Gasteiger partial charge in [0, 0.05) is 5.56 Å². The molecule has 6 nitrogen and oxygen atoms in total. The van der Waals surface area contributed by atoms with Gasteiger partial charge in [0.2, 0.25) is 5.91 Å². The average Bonchev–Trinajstić information content (AvgIpc) is 3.06. The summed E-state index contributed by atoms with van der Waals surface area (Å²) in [7, 11) is 0. The molecular weight excluding hydrogens is 338 g/mol. The third kappa shape index (κ3) is 3.86. The highest BCUT2D eigenvalue weighted by Crippen LogP contribution is 2.32. The molecule has 1 saturated carbocycles. The fourth-order valence-electron chi connectivity index (χ4n) is 3.07. The fourth-order valence-corrected chi connectivity index (χ4v) is 3.86. The molecule has 0 bridgehead atoms. The van der Waals surface area contributed by atoms with Crippen LogP contribution in [-0.4, -0.2) is 23.5 Å². The normalized spacial score (nSPS) is 19.6. The zero-order chi connectivity index (χ0) is 17.6. The van der Waals surface area contributed by atoms with Crippen molar-refractivity contribution in [2.24, 2.45) is 5.92 Å². The van der Waals surface area contributed by atoms with Crippen LogP contribution in [0.4, 0.5) is 5.13 Å². The largest absolute Gasteiger partial charge is 0.464 e. The molecule has 0 radical (unpaired) electrons. The van der Waals surface area contributed by atoms with E-state index in [0.717, 1.165) is 29.7 Å². The maximum atomic E-state index is 12.6. The molecule has 3 rings (SSSR count). The third-order valence-corrected chi connectivity index (χ3v) is 5.15. The number of ether oxygens (including phenoxy) is 1. The molecule has 2 unspecified atom stereocenters. The minimum absolute atomic E-state index is 0.218. The molecule has 1 amide bonds. The van der Waals surface area contributed by atoms with E-state index in [9.17, 15) is 14.9 Å². The predicted molar refractivity (Wildman–Crippen MR) is 93.8 cm³/mol. The second kappa shape index (κ2) is 7.90. The first kappa shape index (κ1) is 17.1. The topological polar surface area (TPSA) is 92.1 Å². The molecule has 2 aromatic rings. The zero-order valence-electron chi connectivity index (χ0n) is 13.5. The quantitative estimate of drug-likeness (QED) is 0.830. The highest BCUT2D eigenvalue weighted by Gasteiger charge is 2.33. The van der Waals surface area contributed by atoms with E-state index < -0.39 is 6.10 Å². The Hall–Kier alpha value is -2.72. The van der Waals surface area contributed by atoms with Gasteiger partial charge in [-0.05, 0) is 19.3 Å². The zero-order valence-corrected chi connectivity index (χ0v) is 14.3. The molecule has 2 atom stereocenters. The summed E-state index contributed by atoms with van der Waals surface area (Å²) in [6.07, 6.45) is 2.83. The Morgan fingerprint density at radius 2 is 2.08 bits per heavy atom. The van der Waals surface area contributed by atoms with Gasteiger partial charge in [0.25, 0.3) is 6.47 Å². The first-order valence-corrected chi connectivity index (χ1v) is 8.91. The highest BCUT2D eigenvalue weighted by molar-refractivity contribution is 7.16. The van der Waals surface area contributed by atoms with E-state index >= 15 is 0 Å². The molecule has 0 spiro atoms. The number of rotatable bonds is 5. The van der Waals surface area contributed by atoms with Gasteiger partial charge in [-0.1, -0.05) is 48.1 Å². The van der Waals surface area contributed by atoms with Gasteiger partial charge in [-0.15, -0.1) is 0 Å². The van der Waals surface area contributed by atoms with E-state index in [-0.39, 0.29) is 11.8 Å². The molecule has 128 valence electrons. The molecule has 1 aromatic heterocycles. The van der Waals surface area contributed by atoms with Crippen LogP contribution in [0, 0.1) is 17.2 Å². The molecule has 1 heterocycles. The molecule has 1 fully saturated rings. The number of nitriles is 1. The molecule has 7 heteroatoms. The number of carbonyl (C=O) groups excluding carboxylic acids is 2. The summed E-state index contributed by atoms with van der Waals surface area (Å²) in [6, 6.07) is 11.5. The van der Waals surface area contributed by atoms with Crippen LogP contribution in [0.2, 0.25) is 0 Å². The SMILES string of the molecule is N#Cc1sc(NC(=O)C2CCCCC2OC=O)nc1-c1ccccc1. The van der Waals surface area contributed by atoms with E-state index in [0.29, 0.717) is 35.0 Å². The van der Waals surface area contributed by atoms with Crippen LogP contribution in [0.5, 0.6) is 0 Å². The van der Waals surface area contributed by atoms with E-state index in [2.05, 4.69) is 16.4 Å². The third-order valence-electron chi connectivity index (χ3n) is 4.28. The summed E-state index contributed by atoms with van der Waals surface area (Å²) < 4.78 is 5.06. The minimum Gasteiger partial charge on any atom is -0.464 e. The van der Waals surface area contributed by atoms with Crippen molar-refractivity contribution in [3.63, 3.8) is 0 Å². The van der Waals surface area contributed by atoms with E-state index in [1.54, 1.807) is 0 Å². The lowest BCUT2D eigenvalue weighted by Gasteiger charge is -2.28. The van der Waals surface area contributed by atoms with Crippen molar-refractivity contribution in [1.29, 1.82) is 5.26 Å². The Labute approximate surface area is 149 Å². The number of nitrogens with one attached hydrogen (secondary N) is 1. The van der Waals surface area contributed by atoms with Crippen molar-refractivity contribution in [2.75, 3.05) is 5.32 Å². The van der Waals surface area contributed by atoms with Gasteiger partial charge in [-0.3, -0.25) is 9.59 Å². The Morgan fingerprint density at radius 3 is 2.80 bits per heavy atom.